The lowest BCUT2D eigenvalue weighted by molar-refractivity contribution is -0.127. The molecule has 1 heterocycles. The van der Waals surface area contributed by atoms with Crippen molar-refractivity contribution in [2.75, 3.05) is 0 Å². The summed E-state index contributed by atoms with van der Waals surface area (Å²) < 4.78 is 97.3. The van der Waals surface area contributed by atoms with Gasteiger partial charge in [-0.15, -0.1) is 0 Å². The molecule has 0 radical (unpaired) electrons. The predicted octanol–water partition coefficient (Wildman–Crippen LogP) is 3.35. The van der Waals surface area contributed by atoms with Crippen molar-refractivity contribution in [2.24, 2.45) is 0 Å². The van der Waals surface area contributed by atoms with E-state index < -0.39 is 61.4 Å². The van der Waals surface area contributed by atoms with Crippen LogP contribution in [-0.2, 0) is 14.8 Å². The number of amides is 1. The minimum Gasteiger partial charge on any atom is -0.477 e. The summed E-state index contributed by atoms with van der Waals surface area (Å²) in [5.41, 5.74) is -3.77. The quantitative estimate of drug-likeness (QED) is 0.541. The number of nitrogens with zero attached hydrogens (tertiary/aromatic N) is 1. The van der Waals surface area contributed by atoms with Gasteiger partial charge in [-0.05, 0) is 24.3 Å². The number of carbonyl (C=O) groups is 1. The van der Waals surface area contributed by atoms with Crippen molar-refractivity contribution in [2.45, 2.75) is 29.6 Å². The highest BCUT2D eigenvalue weighted by atomic mass is 32.2. The number of nitrogens with one attached hydrogen (secondary N) is 1. The van der Waals surface area contributed by atoms with Gasteiger partial charge in [0.1, 0.15) is 11.6 Å². The van der Waals surface area contributed by atoms with Gasteiger partial charge in [0, 0.05) is 24.5 Å². The molecule has 1 N–H and O–H groups in total. The molecule has 160 valence electrons. The van der Waals surface area contributed by atoms with E-state index in [1.54, 1.807) is 4.72 Å². The number of carbonyl (C=O) groups excluding carboxylic acids is 1. The minimum atomic E-state index is -4.85. The smallest absolute Gasteiger partial charge is 0.416 e. The molecule has 6 nitrogen and oxygen atoms in total. The van der Waals surface area contributed by atoms with Crippen LogP contribution in [0.15, 0.2) is 48.0 Å². The van der Waals surface area contributed by atoms with Gasteiger partial charge in [-0.25, -0.2) is 14.1 Å². The van der Waals surface area contributed by atoms with Crippen LogP contribution in [0, 0.1) is 11.8 Å². The van der Waals surface area contributed by atoms with Crippen molar-refractivity contribution < 1.29 is 39.9 Å². The van der Waals surface area contributed by atoms with E-state index in [1.165, 1.54) is 0 Å². The molecule has 30 heavy (non-hydrogen) atoms. The number of rotatable bonds is 6. The molecule has 0 atom stereocenters. The predicted molar refractivity (Wildman–Crippen MR) is 93.6 cm³/mol. The number of hydrogen-bond donors (Lipinski definition) is 1. The topological polar surface area (TPSA) is 85.4 Å². The number of ether oxygens (including phenoxy) is 1. The van der Waals surface area contributed by atoms with Gasteiger partial charge in [-0.3, -0.25) is 4.79 Å². The lowest BCUT2D eigenvalue weighted by atomic mass is 10.1. The van der Waals surface area contributed by atoms with Crippen LogP contribution in [-0.4, -0.2) is 31.1 Å². The summed E-state index contributed by atoms with van der Waals surface area (Å²) >= 11 is 0. The van der Waals surface area contributed by atoms with Crippen LogP contribution < -0.4 is 9.46 Å². The first-order valence-corrected chi connectivity index (χ1v) is 9.77. The van der Waals surface area contributed by atoms with Gasteiger partial charge in [0.15, 0.2) is 10.6 Å². The van der Waals surface area contributed by atoms with Gasteiger partial charge in [-0.2, -0.15) is 26.0 Å². The first kappa shape index (κ1) is 21.7. The number of benzene rings is 1. The number of alkyl halides is 3. The SMILES string of the molecule is C=C(c1ccc(F)cc1OC1(C(=O)NS(=O)(=O)c2cccc(F)n2)CC1)C(F)(F)F. The number of aromatic nitrogens is 1. The molecule has 0 saturated heterocycles. The Morgan fingerprint density at radius 3 is 2.40 bits per heavy atom. The van der Waals surface area contributed by atoms with Gasteiger partial charge in [0.05, 0.1) is 5.57 Å². The average Bonchev–Trinajstić information content (AvgIpc) is 3.41. The molecule has 1 fully saturated rings. The first-order chi connectivity index (χ1) is 13.8. The van der Waals surface area contributed by atoms with E-state index in [2.05, 4.69) is 11.6 Å². The zero-order valence-electron chi connectivity index (χ0n) is 15.0. The fraction of sp³-hybridized carbons (Fsp3) is 0.222. The molecule has 1 aliphatic carbocycles. The van der Waals surface area contributed by atoms with Crippen LogP contribution in [0.25, 0.3) is 5.57 Å². The Morgan fingerprint density at radius 1 is 1.17 bits per heavy atom. The van der Waals surface area contributed by atoms with Crippen LogP contribution >= 0.6 is 0 Å². The summed E-state index contributed by atoms with van der Waals surface area (Å²) in [6.07, 6.45) is -4.93. The molecule has 0 spiro atoms. The Bertz CT molecular complexity index is 1130. The van der Waals surface area contributed by atoms with Crippen LogP contribution in [0.5, 0.6) is 5.75 Å². The van der Waals surface area contributed by atoms with E-state index >= 15 is 0 Å². The summed E-state index contributed by atoms with van der Waals surface area (Å²) in [5.74, 6) is -3.86. The van der Waals surface area contributed by atoms with E-state index in [0.717, 1.165) is 30.3 Å². The molecule has 0 aliphatic heterocycles. The maximum atomic E-state index is 13.6. The largest absolute Gasteiger partial charge is 0.477 e. The van der Waals surface area contributed by atoms with Crippen molar-refractivity contribution in [1.29, 1.82) is 0 Å². The lowest BCUT2D eigenvalue weighted by Gasteiger charge is -2.21. The van der Waals surface area contributed by atoms with Crippen molar-refractivity contribution >= 4 is 21.5 Å². The van der Waals surface area contributed by atoms with Crippen LogP contribution in [0.2, 0.25) is 0 Å². The molecule has 1 saturated carbocycles. The first-order valence-electron chi connectivity index (χ1n) is 8.29. The summed E-state index contributed by atoms with van der Waals surface area (Å²) in [5, 5.41) is -0.774. The molecule has 1 aromatic heterocycles. The standard InChI is InChI=1S/C18H13F5N2O4S/c1-10(18(21,22)23)12-6-5-11(19)9-13(12)29-17(7-8-17)16(26)25-30(27,28)15-4-2-3-14(20)24-15/h2-6,9H,1,7-8H2,(H,25,26). The number of allylic oxidation sites excluding steroid dienone is 1. The summed E-state index contributed by atoms with van der Waals surface area (Å²) in [7, 11) is -4.58. The van der Waals surface area contributed by atoms with Gasteiger partial charge in [0.2, 0.25) is 5.95 Å². The number of pyridine rings is 1. The normalized spacial score (nSPS) is 15.4. The molecule has 12 heteroatoms. The second-order valence-electron chi connectivity index (χ2n) is 6.45. The Kier molecular flexibility index (Phi) is 5.31. The molecule has 1 aromatic carbocycles. The molecule has 1 amide bonds. The Balaban J connectivity index is 1.87. The highest BCUT2D eigenvalue weighted by Gasteiger charge is 2.55. The monoisotopic (exact) mass is 448 g/mol. The second kappa shape index (κ2) is 7.35. The lowest BCUT2D eigenvalue weighted by Crippen LogP contribution is -2.43. The van der Waals surface area contributed by atoms with Crippen molar-refractivity contribution in [1.82, 2.24) is 9.71 Å². The van der Waals surface area contributed by atoms with Gasteiger partial charge in [0.25, 0.3) is 15.9 Å². The van der Waals surface area contributed by atoms with E-state index in [9.17, 15) is 35.2 Å². The minimum absolute atomic E-state index is 0.0423. The number of halogens is 5. The van der Waals surface area contributed by atoms with Crippen LogP contribution in [0.4, 0.5) is 22.0 Å². The fourth-order valence-corrected chi connectivity index (χ4v) is 3.49. The Hall–Kier alpha value is -3.02. The van der Waals surface area contributed by atoms with E-state index in [-0.39, 0.29) is 12.8 Å². The molecular formula is C18H13F5N2O4S. The highest BCUT2D eigenvalue weighted by molar-refractivity contribution is 7.90. The van der Waals surface area contributed by atoms with Crippen molar-refractivity contribution in [3.63, 3.8) is 0 Å². The Labute approximate surface area is 167 Å². The molecular weight excluding hydrogens is 435 g/mol. The maximum Gasteiger partial charge on any atom is 0.416 e. The third-order valence-electron chi connectivity index (χ3n) is 4.23. The summed E-state index contributed by atoms with van der Waals surface area (Å²) in [6.45, 7) is 2.92. The molecule has 0 unspecified atom stereocenters. The van der Waals surface area contributed by atoms with Crippen LogP contribution in [0.1, 0.15) is 18.4 Å². The van der Waals surface area contributed by atoms with Crippen molar-refractivity contribution in [3.05, 3.63) is 60.3 Å². The maximum absolute atomic E-state index is 13.6. The van der Waals surface area contributed by atoms with Crippen LogP contribution in [0.3, 0.4) is 0 Å². The molecule has 1 aliphatic rings. The summed E-state index contributed by atoms with van der Waals surface area (Å²) in [4.78, 5) is 15.7. The third-order valence-corrected chi connectivity index (χ3v) is 5.46. The Morgan fingerprint density at radius 2 is 1.83 bits per heavy atom. The summed E-state index contributed by atoms with van der Waals surface area (Å²) in [6, 6.07) is 5.10. The third kappa shape index (κ3) is 4.42. The molecule has 2 aromatic rings. The second-order valence-corrected chi connectivity index (χ2v) is 8.08. The van der Waals surface area contributed by atoms with Crippen molar-refractivity contribution in [3.8, 4) is 5.75 Å². The highest BCUT2D eigenvalue weighted by Crippen LogP contribution is 2.44. The molecule has 3 rings (SSSR count). The zero-order valence-corrected chi connectivity index (χ0v) is 15.8. The number of hydrogen-bond acceptors (Lipinski definition) is 5. The van der Waals surface area contributed by atoms with Gasteiger partial charge < -0.3 is 4.74 Å². The van der Waals surface area contributed by atoms with E-state index in [4.69, 9.17) is 4.74 Å². The van der Waals surface area contributed by atoms with E-state index in [0.29, 0.717) is 6.07 Å². The van der Waals surface area contributed by atoms with Gasteiger partial charge >= 0.3 is 6.18 Å². The number of sulfonamides is 1. The zero-order chi connectivity index (χ0) is 22.3. The average molecular weight is 448 g/mol. The van der Waals surface area contributed by atoms with E-state index in [1.807, 2.05) is 0 Å². The van der Waals surface area contributed by atoms with Gasteiger partial charge in [-0.1, -0.05) is 12.6 Å². The molecule has 0 bridgehead atoms. The fourth-order valence-electron chi connectivity index (χ4n) is 2.49.